The van der Waals surface area contributed by atoms with Crippen LogP contribution in [0.5, 0.6) is 0 Å². The fraction of sp³-hybridized carbons (Fsp3) is 0.765. The first kappa shape index (κ1) is 19.7. The highest BCUT2D eigenvalue weighted by Crippen LogP contribution is 2.07. The van der Waals surface area contributed by atoms with Crippen molar-refractivity contribution in [3.05, 3.63) is 11.6 Å². The Morgan fingerprint density at radius 2 is 1.71 bits per heavy atom. The topological polar surface area (TPSA) is 55.4 Å². The minimum atomic E-state index is -0.580. The molecule has 1 atom stereocenters. The molecule has 0 saturated carbocycles. The lowest BCUT2D eigenvalue weighted by Crippen LogP contribution is -2.44. The SMILES string of the molecule is CCCCCCCOC(=O)C(NC(=O)C=C(C)C)C(C)C. The molecule has 4 heteroatoms. The van der Waals surface area contributed by atoms with E-state index in [0.717, 1.165) is 18.4 Å². The highest BCUT2D eigenvalue weighted by Gasteiger charge is 2.24. The number of hydrogen-bond acceptors (Lipinski definition) is 3. The Labute approximate surface area is 129 Å². The van der Waals surface area contributed by atoms with Gasteiger partial charge >= 0.3 is 5.97 Å². The molecule has 1 unspecified atom stereocenters. The fourth-order valence-electron chi connectivity index (χ4n) is 1.92. The van der Waals surface area contributed by atoms with Crippen LogP contribution in [0.1, 0.15) is 66.7 Å². The average molecular weight is 297 g/mol. The number of carbonyl (C=O) groups is 2. The number of rotatable bonds is 10. The van der Waals surface area contributed by atoms with Crippen LogP contribution in [0.25, 0.3) is 0 Å². The van der Waals surface area contributed by atoms with Gasteiger partial charge in [-0.2, -0.15) is 0 Å². The van der Waals surface area contributed by atoms with Gasteiger partial charge < -0.3 is 10.1 Å². The first-order valence-electron chi connectivity index (χ1n) is 8.00. The van der Waals surface area contributed by atoms with E-state index in [9.17, 15) is 9.59 Å². The quantitative estimate of drug-likeness (QED) is 0.381. The summed E-state index contributed by atoms with van der Waals surface area (Å²) in [5, 5.41) is 2.72. The number of unbranched alkanes of at least 4 members (excludes halogenated alkanes) is 4. The molecule has 0 fully saturated rings. The van der Waals surface area contributed by atoms with Gasteiger partial charge in [0, 0.05) is 6.08 Å². The molecule has 0 bridgehead atoms. The Morgan fingerprint density at radius 1 is 1.10 bits per heavy atom. The monoisotopic (exact) mass is 297 g/mol. The molecule has 1 amide bonds. The summed E-state index contributed by atoms with van der Waals surface area (Å²) in [6.07, 6.45) is 7.06. The van der Waals surface area contributed by atoms with Crippen LogP contribution >= 0.6 is 0 Å². The molecule has 0 aromatic carbocycles. The van der Waals surface area contributed by atoms with Crippen molar-refractivity contribution in [2.24, 2.45) is 5.92 Å². The second-order valence-corrected chi connectivity index (χ2v) is 6.03. The number of ether oxygens (including phenoxy) is 1. The lowest BCUT2D eigenvalue weighted by Gasteiger charge is -2.20. The standard InChI is InChI=1S/C17H31NO3/c1-6-7-8-9-10-11-21-17(20)16(14(4)5)18-15(19)12-13(2)3/h12,14,16H,6-11H2,1-5H3,(H,18,19). The van der Waals surface area contributed by atoms with Gasteiger partial charge in [0.05, 0.1) is 6.61 Å². The van der Waals surface area contributed by atoms with Crippen molar-refractivity contribution in [1.82, 2.24) is 5.32 Å². The molecule has 0 spiro atoms. The zero-order valence-electron chi connectivity index (χ0n) is 14.2. The van der Waals surface area contributed by atoms with Crippen LogP contribution in [0.4, 0.5) is 0 Å². The molecule has 0 aromatic rings. The molecule has 0 heterocycles. The van der Waals surface area contributed by atoms with E-state index >= 15 is 0 Å². The van der Waals surface area contributed by atoms with Gasteiger partial charge in [-0.25, -0.2) is 4.79 Å². The van der Waals surface area contributed by atoms with Crippen molar-refractivity contribution in [2.75, 3.05) is 6.61 Å². The third kappa shape index (κ3) is 10.1. The van der Waals surface area contributed by atoms with E-state index in [4.69, 9.17) is 4.74 Å². The van der Waals surface area contributed by atoms with Crippen molar-refractivity contribution in [3.63, 3.8) is 0 Å². The fourth-order valence-corrected chi connectivity index (χ4v) is 1.92. The molecule has 122 valence electrons. The Hall–Kier alpha value is -1.32. The van der Waals surface area contributed by atoms with Crippen molar-refractivity contribution >= 4 is 11.9 Å². The molecule has 0 radical (unpaired) electrons. The minimum Gasteiger partial charge on any atom is -0.464 e. The predicted molar refractivity (Wildman–Crippen MR) is 85.9 cm³/mol. The molecule has 0 aromatic heterocycles. The summed E-state index contributed by atoms with van der Waals surface area (Å²) < 4.78 is 5.28. The Kier molecular flexibility index (Phi) is 10.6. The molecule has 0 aliphatic rings. The van der Waals surface area contributed by atoms with E-state index < -0.39 is 6.04 Å². The summed E-state index contributed by atoms with van der Waals surface area (Å²) in [4.78, 5) is 23.8. The van der Waals surface area contributed by atoms with Crippen LogP contribution in [0.2, 0.25) is 0 Å². The van der Waals surface area contributed by atoms with Gasteiger partial charge in [-0.05, 0) is 26.2 Å². The van der Waals surface area contributed by atoms with E-state index in [1.54, 1.807) is 0 Å². The van der Waals surface area contributed by atoms with Crippen LogP contribution in [0, 0.1) is 5.92 Å². The number of carbonyl (C=O) groups excluding carboxylic acids is 2. The number of hydrogen-bond donors (Lipinski definition) is 1. The maximum Gasteiger partial charge on any atom is 0.328 e. The summed E-state index contributed by atoms with van der Waals surface area (Å²) in [7, 11) is 0. The van der Waals surface area contributed by atoms with Gasteiger partial charge in [0.25, 0.3) is 0 Å². The van der Waals surface area contributed by atoms with E-state index in [2.05, 4.69) is 12.2 Å². The van der Waals surface area contributed by atoms with Crippen molar-refractivity contribution in [3.8, 4) is 0 Å². The van der Waals surface area contributed by atoms with Crippen molar-refractivity contribution in [2.45, 2.75) is 72.8 Å². The lowest BCUT2D eigenvalue weighted by molar-refractivity contribution is -0.148. The van der Waals surface area contributed by atoms with Crippen LogP contribution in [-0.4, -0.2) is 24.5 Å². The van der Waals surface area contributed by atoms with Crippen LogP contribution in [-0.2, 0) is 14.3 Å². The molecule has 0 aliphatic heterocycles. The van der Waals surface area contributed by atoms with Gasteiger partial charge in [0.1, 0.15) is 6.04 Å². The van der Waals surface area contributed by atoms with Crippen LogP contribution in [0.3, 0.4) is 0 Å². The third-order valence-electron chi connectivity index (χ3n) is 3.13. The highest BCUT2D eigenvalue weighted by molar-refractivity contribution is 5.92. The summed E-state index contributed by atoms with van der Waals surface area (Å²) in [6, 6.07) is -0.580. The predicted octanol–water partition coefficient (Wildman–Crippen LogP) is 3.61. The van der Waals surface area contributed by atoms with Crippen molar-refractivity contribution < 1.29 is 14.3 Å². The molecule has 0 aliphatic carbocycles. The van der Waals surface area contributed by atoms with Gasteiger partial charge in [-0.1, -0.05) is 52.0 Å². The molecule has 4 nitrogen and oxygen atoms in total. The first-order chi connectivity index (χ1) is 9.88. The largest absolute Gasteiger partial charge is 0.464 e. The first-order valence-corrected chi connectivity index (χ1v) is 8.00. The Bertz CT molecular complexity index is 344. The number of allylic oxidation sites excluding steroid dienone is 1. The van der Waals surface area contributed by atoms with E-state index in [0.29, 0.717) is 6.61 Å². The molecule has 0 saturated heterocycles. The second-order valence-electron chi connectivity index (χ2n) is 6.03. The highest BCUT2D eigenvalue weighted by atomic mass is 16.5. The average Bonchev–Trinajstić information content (AvgIpc) is 2.38. The van der Waals surface area contributed by atoms with Gasteiger partial charge in [0.2, 0.25) is 5.91 Å². The summed E-state index contributed by atoms with van der Waals surface area (Å²) in [6.45, 7) is 10.1. The van der Waals surface area contributed by atoms with Gasteiger partial charge in [0.15, 0.2) is 0 Å². The second kappa shape index (κ2) is 11.4. The Balaban J connectivity index is 4.19. The van der Waals surface area contributed by atoms with Crippen LogP contribution < -0.4 is 5.32 Å². The van der Waals surface area contributed by atoms with Crippen molar-refractivity contribution in [1.29, 1.82) is 0 Å². The summed E-state index contributed by atoms with van der Waals surface area (Å²) >= 11 is 0. The normalized spacial score (nSPS) is 11.9. The van der Waals surface area contributed by atoms with E-state index in [-0.39, 0.29) is 17.8 Å². The maximum atomic E-state index is 12.0. The Morgan fingerprint density at radius 3 is 2.24 bits per heavy atom. The lowest BCUT2D eigenvalue weighted by atomic mass is 10.0. The zero-order chi connectivity index (χ0) is 16.3. The van der Waals surface area contributed by atoms with E-state index in [1.165, 1.54) is 25.3 Å². The summed E-state index contributed by atoms with van der Waals surface area (Å²) in [5.41, 5.74) is 0.902. The van der Waals surface area contributed by atoms with Gasteiger partial charge in [-0.15, -0.1) is 0 Å². The smallest absolute Gasteiger partial charge is 0.328 e. The van der Waals surface area contributed by atoms with Gasteiger partial charge in [-0.3, -0.25) is 4.79 Å². The molecular weight excluding hydrogens is 266 g/mol. The summed E-state index contributed by atoms with van der Waals surface area (Å²) in [5.74, 6) is -0.573. The molecular formula is C17H31NO3. The third-order valence-corrected chi connectivity index (χ3v) is 3.13. The molecule has 21 heavy (non-hydrogen) atoms. The number of esters is 1. The maximum absolute atomic E-state index is 12.0. The van der Waals surface area contributed by atoms with E-state index in [1.807, 2.05) is 27.7 Å². The van der Waals surface area contributed by atoms with Crippen LogP contribution in [0.15, 0.2) is 11.6 Å². The zero-order valence-corrected chi connectivity index (χ0v) is 14.2. The minimum absolute atomic E-state index is 0.00658. The number of amides is 1. The number of nitrogens with one attached hydrogen (secondary N) is 1. The molecule has 1 N–H and O–H groups in total. The molecule has 0 rings (SSSR count).